The van der Waals surface area contributed by atoms with Gasteiger partial charge in [0.15, 0.2) is 5.82 Å². The van der Waals surface area contributed by atoms with Crippen molar-refractivity contribution in [2.75, 3.05) is 0 Å². The molecular formula is C50H32N4. The van der Waals surface area contributed by atoms with Crippen molar-refractivity contribution < 1.29 is 0 Å². The van der Waals surface area contributed by atoms with Crippen LogP contribution in [0.15, 0.2) is 194 Å². The number of benzene rings is 8. The van der Waals surface area contributed by atoms with Gasteiger partial charge in [-0.05, 0) is 59.3 Å². The fourth-order valence-electron chi connectivity index (χ4n) is 8.33. The molecule has 0 unspecified atom stereocenters. The monoisotopic (exact) mass is 688 g/mol. The van der Waals surface area contributed by atoms with E-state index < -0.39 is 0 Å². The smallest absolute Gasteiger partial charge is 0.160 e. The van der Waals surface area contributed by atoms with Crippen LogP contribution in [0, 0.1) is 0 Å². The van der Waals surface area contributed by atoms with Crippen LogP contribution in [0.2, 0.25) is 0 Å². The molecule has 252 valence electrons. The minimum absolute atomic E-state index is 0.703. The molecular weight excluding hydrogens is 657 g/mol. The molecule has 4 nitrogen and oxygen atoms in total. The van der Waals surface area contributed by atoms with E-state index in [2.05, 4.69) is 179 Å². The molecule has 3 heterocycles. The van der Waals surface area contributed by atoms with E-state index in [1.54, 1.807) is 0 Å². The maximum atomic E-state index is 5.28. The lowest BCUT2D eigenvalue weighted by atomic mass is 9.99. The molecule has 0 atom stereocenters. The zero-order chi connectivity index (χ0) is 35.6. The second-order valence-corrected chi connectivity index (χ2v) is 13.8. The molecule has 0 saturated heterocycles. The van der Waals surface area contributed by atoms with E-state index in [0.29, 0.717) is 5.82 Å². The molecule has 0 radical (unpaired) electrons. The van der Waals surface area contributed by atoms with Crippen molar-refractivity contribution in [2.24, 2.45) is 0 Å². The van der Waals surface area contributed by atoms with Crippen LogP contribution >= 0.6 is 0 Å². The molecule has 3 aromatic heterocycles. The maximum Gasteiger partial charge on any atom is 0.160 e. The summed E-state index contributed by atoms with van der Waals surface area (Å²) < 4.78 is 4.87. The lowest BCUT2D eigenvalue weighted by Gasteiger charge is -2.15. The molecule has 0 bridgehead atoms. The molecule has 0 N–H and O–H groups in total. The van der Waals surface area contributed by atoms with Gasteiger partial charge < -0.3 is 9.13 Å². The Hall–Kier alpha value is -7.30. The van der Waals surface area contributed by atoms with Gasteiger partial charge in [-0.15, -0.1) is 0 Å². The third-order valence-corrected chi connectivity index (χ3v) is 10.7. The highest BCUT2D eigenvalue weighted by atomic mass is 15.0. The van der Waals surface area contributed by atoms with E-state index >= 15 is 0 Å². The van der Waals surface area contributed by atoms with E-state index in [0.717, 1.165) is 61.3 Å². The van der Waals surface area contributed by atoms with Gasteiger partial charge in [0.05, 0.1) is 33.5 Å². The van der Waals surface area contributed by atoms with Gasteiger partial charge in [-0.3, -0.25) is 0 Å². The van der Waals surface area contributed by atoms with Crippen LogP contribution in [0.3, 0.4) is 0 Å². The molecule has 0 aliphatic carbocycles. The zero-order valence-corrected chi connectivity index (χ0v) is 29.3. The Balaban J connectivity index is 1.23. The summed E-state index contributed by atoms with van der Waals surface area (Å²) in [6.45, 7) is 0. The molecule has 8 aromatic carbocycles. The Bertz CT molecular complexity index is 3140. The topological polar surface area (TPSA) is 35.6 Å². The number of aromatic nitrogens is 4. The molecule has 0 spiro atoms. The Kier molecular flexibility index (Phi) is 6.82. The maximum absolute atomic E-state index is 5.28. The number of fused-ring (bicyclic) bond motifs is 8. The number of rotatable bonds is 5. The predicted molar refractivity (Wildman–Crippen MR) is 225 cm³/mol. The van der Waals surface area contributed by atoms with Crippen LogP contribution in [0.25, 0.3) is 99.7 Å². The van der Waals surface area contributed by atoms with Gasteiger partial charge in [-0.1, -0.05) is 146 Å². The summed E-state index contributed by atoms with van der Waals surface area (Å²) in [4.78, 5) is 10.4. The molecule has 0 aliphatic rings. The lowest BCUT2D eigenvalue weighted by Crippen LogP contribution is -1.99. The van der Waals surface area contributed by atoms with Crippen molar-refractivity contribution in [3.05, 3.63) is 194 Å². The Morgan fingerprint density at radius 3 is 1.70 bits per heavy atom. The Morgan fingerprint density at radius 1 is 0.352 bits per heavy atom. The Labute approximate surface area is 311 Å². The average Bonchev–Trinajstić information content (AvgIpc) is 3.77. The van der Waals surface area contributed by atoms with E-state index in [4.69, 9.17) is 9.97 Å². The van der Waals surface area contributed by atoms with Crippen molar-refractivity contribution in [3.8, 4) is 45.3 Å². The van der Waals surface area contributed by atoms with Crippen molar-refractivity contribution in [1.82, 2.24) is 19.1 Å². The first-order chi connectivity index (χ1) is 26.8. The van der Waals surface area contributed by atoms with Gasteiger partial charge in [-0.25, -0.2) is 9.97 Å². The fraction of sp³-hybridized carbons (Fsp3) is 0. The first-order valence-electron chi connectivity index (χ1n) is 18.3. The van der Waals surface area contributed by atoms with E-state index in [-0.39, 0.29) is 0 Å². The van der Waals surface area contributed by atoms with Crippen LogP contribution in [0.5, 0.6) is 0 Å². The fourth-order valence-corrected chi connectivity index (χ4v) is 8.33. The molecule has 0 fully saturated rings. The summed E-state index contributed by atoms with van der Waals surface area (Å²) in [7, 11) is 0. The summed E-state index contributed by atoms with van der Waals surface area (Å²) in [6.07, 6.45) is 0. The predicted octanol–water partition coefficient (Wildman–Crippen LogP) is 12.8. The van der Waals surface area contributed by atoms with Crippen molar-refractivity contribution in [2.45, 2.75) is 0 Å². The van der Waals surface area contributed by atoms with Gasteiger partial charge in [0.1, 0.15) is 0 Å². The van der Waals surface area contributed by atoms with Gasteiger partial charge in [0.25, 0.3) is 0 Å². The third-order valence-electron chi connectivity index (χ3n) is 10.7. The van der Waals surface area contributed by atoms with Crippen molar-refractivity contribution in [1.29, 1.82) is 0 Å². The lowest BCUT2D eigenvalue weighted by molar-refractivity contribution is 1.17. The van der Waals surface area contributed by atoms with E-state index in [9.17, 15) is 0 Å². The zero-order valence-electron chi connectivity index (χ0n) is 29.3. The van der Waals surface area contributed by atoms with Crippen LogP contribution in [-0.4, -0.2) is 19.1 Å². The van der Waals surface area contributed by atoms with E-state index in [1.807, 2.05) is 24.3 Å². The van der Waals surface area contributed by atoms with Crippen molar-refractivity contribution in [3.63, 3.8) is 0 Å². The highest BCUT2D eigenvalue weighted by Crippen LogP contribution is 2.43. The number of para-hydroxylation sites is 3. The molecule has 0 saturated carbocycles. The van der Waals surface area contributed by atoms with Crippen LogP contribution < -0.4 is 0 Å². The third kappa shape index (κ3) is 4.70. The second kappa shape index (κ2) is 12.1. The summed E-state index contributed by atoms with van der Waals surface area (Å²) in [6, 6.07) is 69.0. The van der Waals surface area contributed by atoms with Crippen LogP contribution in [0.1, 0.15) is 0 Å². The van der Waals surface area contributed by atoms with Crippen LogP contribution in [0.4, 0.5) is 0 Å². The second-order valence-electron chi connectivity index (χ2n) is 13.8. The largest absolute Gasteiger partial charge is 0.309 e. The molecule has 11 aromatic rings. The van der Waals surface area contributed by atoms with Gasteiger partial charge in [0.2, 0.25) is 0 Å². The summed E-state index contributed by atoms with van der Waals surface area (Å²) in [5.74, 6) is 0.703. The van der Waals surface area contributed by atoms with Crippen LogP contribution in [-0.2, 0) is 0 Å². The average molecular weight is 689 g/mol. The summed E-state index contributed by atoms with van der Waals surface area (Å²) in [5.41, 5.74) is 11.8. The minimum atomic E-state index is 0.703. The first-order valence-corrected chi connectivity index (χ1v) is 18.3. The van der Waals surface area contributed by atoms with E-state index in [1.165, 1.54) is 32.6 Å². The molecule has 0 aliphatic heterocycles. The normalized spacial score (nSPS) is 11.7. The van der Waals surface area contributed by atoms with Gasteiger partial charge in [-0.2, -0.15) is 0 Å². The Morgan fingerprint density at radius 2 is 0.944 bits per heavy atom. The summed E-state index contributed by atoms with van der Waals surface area (Å²) >= 11 is 0. The minimum Gasteiger partial charge on any atom is -0.309 e. The first kappa shape index (κ1) is 30.3. The highest BCUT2D eigenvalue weighted by molar-refractivity contribution is 6.26. The molecule has 54 heavy (non-hydrogen) atoms. The molecule has 11 rings (SSSR count). The SMILES string of the molecule is c1ccc(-c2cc(-c3cc(-n4c5ccccc5c5c4ccc4c6ccccc6n(-c6ccccc6)c45)cc4ccccc34)nc(-c3ccccc3)n2)cc1. The highest BCUT2D eigenvalue weighted by Gasteiger charge is 2.22. The molecule has 4 heteroatoms. The summed E-state index contributed by atoms with van der Waals surface area (Å²) in [5, 5.41) is 7.23. The number of hydrogen-bond donors (Lipinski definition) is 0. The van der Waals surface area contributed by atoms with Crippen molar-refractivity contribution >= 4 is 54.4 Å². The molecule has 0 amide bonds. The quantitative estimate of drug-likeness (QED) is 0.180. The standard InChI is InChI=1S/C50H32N4/c1-4-16-33(17-5-1)43-32-44(52-50(51-43)34-18-6-2-7-19-34)42-31-37(30-35-20-10-11-23-38(35)42)53-46-27-15-13-25-41(46)48-47(53)29-28-40-39-24-12-14-26-45(39)54(49(40)48)36-21-8-3-9-22-36/h1-32H. The van der Waals surface area contributed by atoms with Gasteiger partial charge >= 0.3 is 0 Å². The number of nitrogens with zero attached hydrogens (tertiary/aromatic N) is 4. The number of hydrogen-bond acceptors (Lipinski definition) is 2. The van der Waals surface area contributed by atoms with Gasteiger partial charge in [0, 0.05) is 49.6 Å².